The molecular weight excluding hydrogens is 651 g/mol. The summed E-state index contributed by atoms with van der Waals surface area (Å²) in [5.74, 6) is 1.58. The van der Waals surface area contributed by atoms with Gasteiger partial charge < -0.3 is 26.6 Å². The number of carboxylic acid groups (broad SMARTS) is 1. The first-order valence-electron chi connectivity index (χ1n) is 21.3. The highest BCUT2D eigenvalue weighted by molar-refractivity contribution is 5.84. The lowest BCUT2D eigenvalue weighted by atomic mass is 9.32. The summed E-state index contributed by atoms with van der Waals surface area (Å²) in [6.07, 6.45) is 17.6. The normalized spacial score (nSPS) is 39.6. The number of carbonyl (C=O) groups excluding carboxylic acids is 2. The molecule has 11 atom stereocenters. The van der Waals surface area contributed by atoms with Crippen LogP contribution < -0.4 is 16.4 Å². The zero-order chi connectivity index (χ0) is 38.1. The molecule has 0 aromatic rings. The summed E-state index contributed by atoms with van der Waals surface area (Å²) in [4.78, 5) is 38.3. The Balaban J connectivity index is 1.16. The van der Waals surface area contributed by atoms with E-state index in [1.165, 1.54) is 31.3 Å². The molecule has 2 amide bonds. The predicted octanol–water partition coefficient (Wildman–Crippen LogP) is 8.16. The fourth-order valence-electron chi connectivity index (χ4n) is 13.9. The van der Waals surface area contributed by atoms with Gasteiger partial charge in [0.05, 0.1) is 11.5 Å². The third-order valence-corrected chi connectivity index (χ3v) is 16.9. The Morgan fingerprint density at radius 1 is 0.808 bits per heavy atom. The molecule has 0 aliphatic heterocycles. The average Bonchev–Trinajstić information content (AvgIpc) is 3.49. The predicted molar refractivity (Wildman–Crippen MR) is 208 cm³/mol. The van der Waals surface area contributed by atoms with E-state index in [0.29, 0.717) is 61.9 Å². The number of allylic oxidation sites excluding steroid dienone is 1. The zero-order valence-electron chi connectivity index (χ0n) is 33.8. The van der Waals surface area contributed by atoms with Gasteiger partial charge in [-0.1, -0.05) is 66.0 Å². The number of carboxylic acids is 1. The number of amides is 2. The number of aliphatic hydroxyl groups excluding tert-OH is 1. The lowest BCUT2D eigenvalue weighted by Crippen LogP contribution is -2.67. The van der Waals surface area contributed by atoms with E-state index in [4.69, 9.17) is 5.73 Å². The number of nitrogens with two attached hydrogens (primary N) is 1. The van der Waals surface area contributed by atoms with Crippen molar-refractivity contribution in [3.63, 3.8) is 0 Å². The molecule has 0 aromatic carbocycles. The fraction of sp³-hybridized carbons (Fsp3) is 0.886. The standard InChI is InChI=1S/C44H75N3O5/c1-29(2)30-19-24-44(39(52)46-28-14-10-8-9-11-16-36(49)47-32(38(50)51)15-12-13-27-45)26-25-42(6)31(37(30)44)17-18-34-41(5)22-21-35(48)40(3,4)33(41)20-23-43(34,42)7/h30-35,37,48H,1,8-28,45H2,2-7H3,(H,46,52)(H,47,49)(H,50,51)/t30-,31+,32-,33-,34?,35-,37+,41-,42+,43+,44-/m0/s1. The lowest BCUT2D eigenvalue weighted by molar-refractivity contribution is -0.246. The van der Waals surface area contributed by atoms with E-state index >= 15 is 0 Å². The smallest absolute Gasteiger partial charge is 0.326 e. The van der Waals surface area contributed by atoms with Gasteiger partial charge in [-0.05, 0) is 161 Å². The molecule has 5 fully saturated rings. The molecule has 5 saturated carbocycles. The minimum Gasteiger partial charge on any atom is -0.480 e. The summed E-state index contributed by atoms with van der Waals surface area (Å²) in [5, 5.41) is 26.6. The van der Waals surface area contributed by atoms with E-state index < -0.39 is 12.0 Å². The monoisotopic (exact) mass is 726 g/mol. The number of nitrogens with one attached hydrogen (secondary N) is 2. The number of hydrogen-bond acceptors (Lipinski definition) is 5. The third kappa shape index (κ3) is 7.27. The summed E-state index contributed by atoms with van der Waals surface area (Å²) in [7, 11) is 0. The molecule has 52 heavy (non-hydrogen) atoms. The summed E-state index contributed by atoms with van der Waals surface area (Å²) in [5.41, 5.74) is 7.09. The summed E-state index contributed by atoms with van der Waals surface area (Å²) >= 11 is 0. The Kier molecular flexibility index (Phi) is 12.7. The molecule has 0 radical (unpaired) electrons. The maximum absolute atomic E-state index is 14.4. The molecule has 8 heteroatoms. The van der Waals surface area contributed by atoms with Gasteiger partial charge >= 0.3 is 5.97 Å². The Hall–Kier alpha value is -1.93. The Bertz CT molecular complexity index is 1320. The maximum Gasteiger partial charge on any atom is 0.326 e. The maximum atomic E-state index is 14.4. The van der Waals surface area contributed by atoms with Gasteiger partial charge in [0.1, 0.15) is 6.04 Å². The van der Waals surface area contributed by atoms with E-state index in [1.807, 2.05) is 0 Å². The van der Waals surface area contributed by atoms with E-state index in [2.05, 4.69) is 58.8 Å². The topological polar surface area (TPSA) is 142 Å². The van der Waals surface area contributed by atoms with Gasteiger partial charge in [-0.25, -0.2) is 4.79 Å². The largest absolute Gasteiger partial charge is 0.480 e. The van der Waals surface area contributed by atoms with Gasteiger partial charge in [0.2, 0.25) is 11.8 Å². The van der Waals surface area contributed by atoms with Crippen LogP contribution in [-0.4, -0.2) is 53.2 Å². The van der Waals surface area contributed by atoms with E-state index in [0.717, 1.165) is 77.0 Å². The SMILES string of the molecule is C=C(C)[C@@H]1CC[C@]2(C(=O)NCCCCCCCC(=O)N[C@@H](CCCCN)C(=O)O)CC[C@]3(C)[C@H](CCC4[C@@]5(C)CC[C@H](O)C(C)(C)[C@@H]5CC[C@]43C)[C@@H]12. The third-order valence-electron chi connectivity index (χ3n) is 16.9. The van der Waals surface area contributed by atoms with Crippen LogP contribution >= 0.6 is 0 Å². The molecule has 0 aromatic heterocycles. The molecule has 296 valence electrons. The van der Waals surface area contributed by atoms with Crippen molar-refractivity contribution in [2.75, 3.05) is 13.1 Å². The van der Waals surface area contributed by atoms with Crippen LogP contribution in [0, 0.1) is 56.7 Å². The second kappa shape index (κ2) is 16.0. The number of fused-ring (bicyclic) bond motifs is 7. The van der Waals surface area contributed by atoms with Crippen molar-refractivity contribution >= 4 is 17.8 Å². The first-order chi connectivity index (χ1) is 24.5. The zero-order valence-corrected chi connectivity index (χ0v) is 33.8. The molecule has 0 saturated heterocycles. The van der Waals surface area contributed by atoms with Crippen LogP contribution in [0.2, 0.25) is 0 Å². The van der Waals surface area contributed by atoms with Crippen molar-refractivity contribution < 1.29 is 24.6 Å². The van der Waals surface area contributed by atoms with Gasteiger partial charge in [0, 0.05) is 13.0 Å². The van der Waals surface area contributed by atoms with E-state index in [-0.39, 0.29) is 45.0 Å². The molecule has 0 heterocycles. The Morgan fingerprint density at radius 3 is 2.21 bits per heavy atom. The minimum absolute atomic E-state index is 0.0450. The van der Waals surface area contributed by atoms with Gasteiger partial charge in [-0.2, -0.15) is 0 Å². The van der Waals surface area contributed by atoms with Gasteiger partial charge in [0.25, 0.3) is 0 Å². The molecular formula is C44H75N3O5. The van der Waals surface area contributed by atoms with Crippen molar-refractivity contribution in [1.29, 1.82) is 0 Å². The van der Waals surface area contributed by atoms with Crippen LogP contribution in [0.15, 0.2) is 12.2 Å². The van der Waals surface area contributed by atoms with Crippen LogP contribution in [0.1, 0.15) is 164 Å². The van der Waals surface area contributed by atoms with Crippen LogP contribution in [0.4, 0.5) is 0 Å². The molecule has 5 aliphatic carbocycles. The molecule has 1 unspecified atom stereocenters. The number of aliphatic carboxylic acids is 1. The number of hydrogen-bond donors (Lipinski definition) is 5. The minimum atomic E-state index is -0.989. The second-order valence-electron chi connectivity index (χ2n) is 19.7. The van der Waals surface area contributed by atoms with Gasteiger partial charge in [0.15, 0.2) is 0 Å². The number of unbranched alkanes of at least 4 members (excludes halogenated alkanes) is 5. The first-order valence-corrected chi connectivity index (χ1v) is 21.3. The lowest BCUT2D eigenvalue weighted by Gasteiger charge is -2.72. The Morgan fingerprint density at radius 2 is 1.52 bits per heavy atom. The Labute approximate surface area is 315 Å². The fourth-order valence-corrected chi connectivity index (χ4v) is 13.9. The van der Waals surface area contributed by atoms with Gasteiger partial charge in [-0.3, -0.25) is 9.59 Å². The highest BCUT2D eigenvalue weighted by Crippen LogP contribution is 2.77. The van der Waals surface area contributed by atoms with Crippen molar-refractivity contribution in [3.05, 3.63) is 12.2 Å². The van der Waals surface area contributed by atoms with Crippen molar-refractivity contribution in [1.82, 2.24) is 10.6 Å². The molecule has 5 aliphatic rings. The molecule has 5 rings (SSSR count). The van der Waals surface area contributed by atoms with Crippen molar-refractivity contribution in [3.8, 4) is 0 Å². The quantitative estimate of drug-likeness (QED) is 0.0803. The summed E-state index contributed by atoms with van der Waals surface area (Å²) < 4.78 is 0. The summed E-state index contributed by atoms with van der Waals surface area (Å²) in [6, 6.07) is -0.841. The number of carbonyl (C=O) groups is 3. The van der Waals surface area contributed by atoms with Crippen LogP contribution in [0.25, 0.3) is 0 Å². The molecule has 6 N–H and O–H groups in total. The molecule has 0 bridgehead atoms. The van der Waals surface area contributed by atoms with Crippen LogP contribution in [0.5, 0.6) is 0 Å². The van der Waals surface area contributed by atoms with Crippen LogP contribution in [0.3, 0.4) is 0 Å². The van der Waals surface area contributed by atoms with Gasteiger partial charge in [-0.15, -0.1) is 0 Å². The van der Waals surface area contributed by atoms with Crippen LogP contribution in [-0.2, 0) is 14.4 Å². The van der Waals surface area contributed by atoms with E-state index in [1.54, 1.807) is 0 Å². The molecule has 0 spiro atoms. The first kappa shape index (κ1) is 41.2. The highest BCUT2D eigenvalue weighted by Gasteiger charge is 2.71. The number of aliphatic hydroxyl groups is 1. The molecule has 8 nitrogen and oxygen atoms in total. The summed E-state index contributed by atoms with van der Waals surface area (Å²) in [6.45, 7) is 20.4. The number of rotatable bonds is 16. The van der Waals surface area contributed by atoms with Crippen molar-refractivity contribution in [2.24, 2.45) is 62.4 Å². The second-order valence-corrected chi connectivity index (χ2v) is 19.7. The highest BCUT2D eigenvalue weighted by atomic mass is 16.4. The van der Waals surface area contributed by atoms with Crippen molar-refractivity contribution in [2.45, 2.75) is 176 Å². The average molecular weight is 726 g/mol. The van der Waals surface area contributed by atoms with E-state index in [9.17, 15) is 24.6 Å².